The first-order chi connectivity index (χ1) is 9.72. The van der Waals surface area contributed by atoms with E-state index >= 15 is 0 Å². The van der Waals surface area contributed by atoms with Crippen molar-refractivity contribution >= 4 is 17.0 Å². The number of nitrogens with zero attached hydrogens (tertiary/aromatic N) is 2. The predicted octanol–water partition coefficient (Wildman–Crippen LogP) is 3.70. The highest BCUT2D eigenvalue weighted by Gasteiger charge is 2.22. The van der Waals surface area contributed by atoms with Crippen LogP contribution >= 0.6 is 11.3 Å². The SMILES string of the molecule is CC1CC(Nc2ccc(-c3nccs3)cc2)CCN1C. The second kappa shape index (κ2) is 5.94. The van der Waals surface area contributed by atoms with Crippen LogP contribution in [0.15, 0.2) is 35.8 Å². The van der Waals surface area contributed by atoms with E-state index < -0.39 is 0 Å². The van der Waals surface area contributed by atoms with Gasteiger partial charge in [0.25, 0.3) is 0 Å². The monoisotopic (exact) mass is 287 g/mol. The van der Waals surface area contributed by atoms with Crippen LogP contribution < -0.4 is 5.32 Å². The Morgan fingerprint density at radius 2 is 2.10 bits per heavy atom. The zero-order chi connectivity index (χ0) is 13.9. The van der Waals surface area contributed by atoms with E-state index in [4.69, 9.17) is 0 Å². The summed E-state index contributed by atoms with van der Waals surface area (Å²) in [5.41, 5.74) is 2.41. The summed E-state index contributed by atoms with van der Waals surface area (Å²) in [5.74, 6) is 0. The van der Waals surface area contributed by atoms with Crippen LogP contribution in [0.1, 0.15) is 19.8 Å². The average Bonchev–Trinajstić information content (AvgIpc) is 2.98. The number of piperidine rings is 1. The molecule has 2 atom stereocenters. The lowest BCUT2D eigenvalue weighted by molar-refractivity contribution is 0.190. The van der Waals surface area contributed by atoms with Crippen LogP contribution in [0.25, 0.3) is 10.6 Å². The fourth-order valence-electron chi connectivity index (χ4n) is 2.73. The van der Waals surface area contributed by atoms with Gasteiger partial charge in [-0.15, -0.1) is 11.3 Å². The third kappa shape index (κ3) is 3.02. The van der Waals surface area contributed by atoms with Gasteiger partial charge in [-0.3, -0.25) is 0 Å². The molecule has 106 valence electrons. The molecule has 1 aliphatic heterocycles. The summed E-state index contributed by atoms with van der Waals surface area (Å²) >= 11 is 1.68. The highest BCUT2D eigenvalue weighted by atomic mass is 32.1. The lowest BCUT2D eigenvalue weighted by Crippen LogP contribution is -2.42. The Hall–Kier alpha value is -1.39. The Morgan fingerprint density at radius 3 is 2.75 bits per heavy atom. The topological polar surface area (TPSA) is 28.2 Å². The van der Waals surface area contributed by atoms with E-state index in [0.29, 0.717) is 12.1 Å². The molecule has 0 aliphatic carbocycles. The highest BCUT2D eigenvalue weighted by Crippen LogP contribution is 2.25. The van der Waals surface area contributed by atoms with Crippen molar-refractivity contribution in [2.75, 3.05) is 18.9 Å². The van der Waals surface area contributed by atoms with Crippen LogP contribution in [-0.2, 0) is 0 Å². The Kier molecular flexibility index (Phi) is 4.03. The molecule has 0 radical (unpaired) electrons. The van der Waals surface area contributed by atoms with E-state index in [9.17, 15) is 0 Å². The van der Waals surface area contributed by atoms with Gasteiger partial charge in [0, 0.05) is 41.5 Å². The second-order valence-electron chi connectivity index (χ2n) is 5.61. The maximum atomic E-state index is 4.34. The van der Waals surface area contributed by atoms with Gasteiger partial charge in [-0.25, -0.2) is 4.98 Å². The van der Waals surface area contributed by atoms with Crippen LogP contribution in [0.4, 0.5) is 5.69 Å². The highest BCUT2D eigenvalue weighted by molar-refractivity contribution is 7.13. The molecule has 2 aromatic rings. The molecule has 0 amide bonds. The van der Waals surface area contributed by atoms with Gasteiger partial charge in [0.05, 0.1) is 0 Å². The van der Waals surface area contributed by atoms with Crippen molar-refractivity contribution in [2.24, 2.45) is 0 Å². The smallest absolute Gasteiger partial charge is 0.123 e. The maximum Gasteiger partial charge on any atom is 0.123 e. The van der Waals surface area contributed by atoms with E-state index in [1.54, 1.807) is 11.3 Å². The number of hydrogen-bond acceptors (Lipinski definition) is 4. The van der Waals surface area contributed by atoms with Gasteiger partial charge in [-0.1, -0.05) is 0 Å². The normalized spacial score (nSPS) is 23.7. The van der Waals surface area contributed by atoms with Gasteiger partial charge >= 0.3 is 0 Å². The summed E-state index contributed by atoms with van der Waals surface area (Å²) in [6.07, 6.45) is 4.28. The summed E-state index contributed by atoms with van der Waals surface area (Å²) in [6.45, 7) is 3.48. The molecular weight excluding hydrogens is 266 g/mol. The van der Waals surface area contributed by atoms with Crippen molar-refractivity contribution < 1.29 is 0 Å². The molecule has 2 unspecified atom stereocenters. The molecule has 0 saturated carbocycles. The molecule has 1 aliphatic rings. The fraction of sp³-hybridized carbons (Fsp3) is 0.438. The van der Waals surface area contributed by atoms with Crippen molar-refractivity contribution in [3.63, 3.8) is 0 Å². The Balaban J connectivity index is 1.64. The third-order valence-electron chi connectivity index (χ3n) is 4.14. The molecule has 2 heterocycles. The molecule has 20 heavy (non-hydrogen) atoms. The Morgan fingerprint density at radius 1 is 1.30 bits per heavy atom. The number of hydrogen-bond donors (Lipinski definition) is 1. The first-order valence-electron chi connectivity index (χ1n) is 7.19. The molecule has 1 fully saturated rings. The maximum absolute atomic E-state index is 4.34. The quantitative estimate of drug-likeness (QED) is 0.933. The fourth-order valence-corrected chi connectivity index (χ4v) is 3.38. The van der Waals surface area contributed by atoms with E-state index in [2.05, 4.69) is 53.4 Å². The van der Waals surface area contributed by atoms with Gasteiger partial charge in [-0.2, -0.15) is 0 Å². The van der Waals surface area contributed by atoms with E-state index in [-0.39, 0.29) is 0 Å². The number of rotatable bonds is 3. The summed E-state index contributed by atoms with van der Waals surface area (Å²) in [7, 11) is 2.21. The summed E-state index contributed by atoms with van der Waals surface area (Å²) in [6, 6.07) is 9.89. The molecular formula is C16H21N3S. The lowest BCUT2D eigenvalue weighted by Gasteiger charge is -2.35. The van der Waals surface area contributed by atoms with Crippen LogP contribution in [-0.4, -0.2) is 35.6 Å². The van der Waals surface area contributed by atoms with Gasteiger partial charge < -0.3 is 10.2 Å². The van der Waals surface area contributed by atoms with Gasteiger partial charge in [0.2, 0.25) is 0 Å². The van der Waals surface area contributed by atoms with Crippen LogP contribution in [0.2, 0.25) is 0 Å². The molecule has 0 spiro atoms. The van der Waals surface area contributed by atoms with Crippen molar-refractivity contribution in [3.8, 4) is 10.6 Å². The molecule has 3 nitrogen and oxygen atoms in total. The van der Waals surface area contributed by atoms with E-state index in [0.717, 1.165) is 5.01 Å². The Labute approximate surface area is 124 Å². The number of aromatic nitrogens is 1. The number of anilines is 1. The number of likely N-dealkylation sites (tertiary alicyclic amines) is 1. The first-order valence-corrected chi connectivity index (χ1v) is 8.07. The zero-order valence-corrected chi connectivity index (χ0v) is 12.9. The minimum absolute atomic E-state index is 0.590. The minimum atomic E-state index is 0.590. The van der Waals surface area contributed by atoms with Gasteiger partial charge in [-0.05, 0) is 51.1 Å². The Bertz CT molecular complexity index is 535. The second-order valence-corrected chi connectivity index (χ2v) is 6.50. The largest absolute Gasteiger partial charge is 0.382 e. The zero-order valence-electron chi connectivity index (χ0n) is 12.0. The van der Waals surface area contributed by atoms with Crippen molar-refractivity contribution in [1.29, 1.82) is 0 Å². The predicted molar refractivity (Wildman–Crippen MR) is 86.3 cm³/mol. The molecule has 3 rings (SSSR count). The van der Waals surface area contributed by atoms with Crippen LogP contribution in [0.5, 0.6) is 0 Å². The molecule has 1 aromatic carbocycles. The molecule has 1 aromatic heterocycles. The van der Waals surface area contributed by atoms with Gasteiger partial charge in [0.1, 0.15) is 5.01 Å². The number of thiazole rings is 1. The molecule has 1 N–H and O–H groups in total. The number of nitrogens with one attached hydrogen (secondary N) is 1. The van der Waals surface area contributed by atoms with E-state index in [1.807, 2.05) is 11.6 Å². The van der Waals surface area contributed by atoms with Gasteiger partial charge in [0.15, 0.2) is 0 Å². The summed E-state index contributed by atoms with van der Waals surface area (Å²) < 4.78 is 0. The molecule has 1 saturated heterocycles. The van der Waals surface area contributed by atoms with Crippen LogP contribution in [0.3, 0.4) is 0 Å². The van der Waals surface area contributed by atoms with Crippen molar-refractivity contribution in [2.45, 2.75) is 31.8 Å². The molecule has 0 bridgehead atoms. The summed E-state index contributed by atoms with van der Waals surface area (Å²) in [4.78, 5) is 6.78. The minimum Gasteiger partial charge on any atom is -0.382 e. The lowest BCUT2D eigenvalue weighted by atomic mass is 9.98. The third-order valence-corrected chi connectivity index (χ3v) is 4.97. The van der Waals surface area contributed by atoms with Crippen LogP contribution in [0, 0.1) is 0 Å². The van der Waals surface area contributed by atoms with Crippen molar-refractivity contribution in [3.05, 3.63) is 35.8 Å². The van der Waals surface area contributed by atoms with Crippen molar-refractivity contribution in [1.82, 2.24) is 9.88 Å². The first kappa shape index (κ1) is 13.6. The number of benzene rings is 1. The summed E-state index contributed by atoms with van der Waals surface area (Å²) in [5, 5.41) is 6.76. The molecule has 4 heteroatoms. The van der Waals surface area contributed by atoms with E-state index in [1.165, 1.54) is 30.6 Å². The average molecular weight is 287 g/mol. The standard InChI is InChI=1S/C16H21N3S/c1-12-11-15(7-9-19(12)2)18-14-5-3-13(4-6-14)16-17-8-10-20-16/h3-6,8,10,12,15,18H,7,9,11H2,1-2H3.